The van der Waals surface area contributed by atoms with Crippen molar-refractivity contribution in [2.45, 2.75) is 47.9 Å². The van der Waals surface area contributed by atoms with Crippen LogP contribution in [0.3, 0.4) is 0 Å². The summed E-state index contributed by atoms with van der Waals surface area (Å²) in [6, 6.07) is 19.9. The van der Waals surface area contributed by atoms with Crippen LogP contribution in [0.2, 0.25) is 0 Å². The zero-order valence-electron chi connectivity index (χ0n) is 26.1. The van der Waals surface area contributed by atoms with E-state index in [1.165, 1.54) is 6.07 Å². The van der Waals surface area contributed by atoms with Gasteiger partial charge in [0.25, 0.3) is 0 Å². The van der Waals surface area contributed by atoms with Crippen LogP contribution in [0.5, 0.6) is 0 Å². The number of anilines is 2. The molecular formula is C32H35B2BrN2O9S2. The molecule has 0 atom stereocenters. The van der Waals surface area contributed by atoms with Crippen molar-refractivity contribution in [3.8, 4) is 0 Å². The maximum Gasteiger partial charge on any atom is 0.491 e. The second-order valence-corrected chi connectivity index (χ2v) is 16.2. The minimum Gasteiger partial charge on any atom is -0.423 e. The lowest BCUT2D eigenvalue weighted by Crippen LogP contribution is -2.28. The molecule has 0 bridgehead atoms. The minimum atomic E-state index is -3.57. The van der Waals surface area contributed by atoms with Crippen molar-refractivity contribution in [3.05, 3.63) is 105 Å². The number of hydrogen-bond acceptors (Lipinski definition) is 11. The van der Waals surface area contributed by atoms with Gasteiger partial charge in [0.15, 0.2) is 19.7 Å². The van der Waals surface area contributed by atoms with E-state index in [1.54, 1.807) is 66.7 Å². The summed E-state index contributed by atoms with van der Waals surface area (Å²) in [5.41, 5.74) is 17.4. The van der Waals surface area contributed by atoms with Crippen LogP contribution in [0.1, 0.15) is 34.7 Å². The van der Waals surface area contributed by atoms with E-state index in [0.717, 1.165) is 11.1 Å². The summed E-state index contributed by atoms with van der Waals surface area (Å²) in [5, 5.41) is 19.5. The maximum atomic E-state index is 13.0. The van der Waals surface area contributed by atoms with Crippen molar-refractivity contribution in [3.63, 3.8) is 0 Å². The molecule has 252 valence electrons. The van der Waals surface area contributed by atoms with Gasteiger partial charge in [0.05, 0.1) is 41.1 Å². The Balaban J connectivity index is 0.000000190. The fourth-order valence-corrected chi connectivity index (χ4v) is 9.65. The molecular weight excluding hydrogens is 722 g/mol. The van der Waals surface area contributed by atoms with Gasteiger partial charge in [-0.1, -0.05) is 36.4 Å². The van der Waals surface area contributed by atoms with Gasteiger partial charge < -0.3 is 35.6 Å². The molecule has 0 radical (unpaired) electrons. The third-order valence-electron chi connectivity index (χ3n) is 7.89. The first-order valence-corrected chi connectivity index (χ1v) is 19.2. The lowest BCUT2D eigenvalue weighted by Gasteiger charge is -2.12. The van der Waals surface area contributed by atoms with E-state index in [0.29, 0.717) is 76.3 Å². The van der Waals surface area contributed by atoms with E-state index >= 15 is 0 Å². The zero-order valence-corrected chi connectivity index (χ0v) is 29.4. The molecule has 6 rings (SSSR count). The van der Waals surface area contributed by atoms with Gasteiger partial charge in [0.2, 0.25) is 0 Å². The summed E-state index contributed by atoms with van der Waals surface area (Å²) < 4.78 is 67.1. The first kappa shape index (κ1) is 36.1. The van der Waals surface area contributed by atoms with E-state index in [1.807, 2.05) is 6.92 Å². The Hall–Kier alpha value is -3.21. The van der Waals surface area contributed by atoms with Crippen LogP contribution in [0.25, 0.3) is 0 Å². The molecule has 48 heavy (non-hydrogen) atoms. The molecule has 2 aliphatic heterocycles. The normalized spacial score (nSPS) is 14.0. The molecule has 16 heteroatoms. The number of nitrogen functional groups attached to an aromatic ring is 2. The molecule has 0 saturated carbocycles. The van der Waals surface area contributed by atoms with Crippen molar-refractivity contribution in [1.29, 1.82) is 0 Å². The summed E-state index contributed by atoms with van der Waals surface area (Å²) in [7, 11) is -9.07. The fourth-order valence-electron chi connectivity index (χ4n) is 5.50. The number of nitrogens with two attached hydrogens (primary N) is 2. The van der Waals surface area contributed by atoms with E-state index in [-0.39, 0.29) is 21.3 Å². The molecule has 0 fully saturated rings. The molecule has 0 amide bonds. The highest BCUT2D eigenvalue weighted by Crippen LogP contribution is 2.28. The van der Waals surface area contributed by atoms with E-state index < -0.39 is 33.9 Å². The van der Waals surface area contributed by atoms with Gasteiger partial charge in [-0.25, -0.2) is 16.8 Å². The van der Waals surface area contributed by atoms with Gasteiger partial charge in [0, 0.05) is 22.5 Å². The maximum absolute atomic E-state index is 13.0. The van der Waals surface area contributed by atoms with Crippen LogP contribution in [-0.4, -0.2) is 54.3 Å². The summed E-state index contributed by atoms with van der Waals surface area (Å²) in [4.78, 5) is 0.461. The van der Waals surface area contributed by atoms with Crippen molar-refractivity contribution >= 4 is 72.1 Å². The summed E-state index contributed by atoms with van der Waals surface area (Å²) in [5.74, 6) is -0.311. The largest absolute Gasteiger partial charge is 0.491 e. The number of halogens is 1. The van der Waals surface area contributed by atoms with Crippen molar-refractivity contribution < 1.29 is 40.9 Å². The third kappa shape index (κ3) is 8.50. The number of hydrogen-bond donors (Lipinski definition) is 4. The minimum absolute atomic E-state index is 0.154. The fraction of sp³-hybridized carbons (Fsp3) is 0.250. The van der Waals surface area contributed by atoms with E-state index in [2.05, 4.69) is 15.9 Å². The quantitative estimate of drug-likeness (QED) is 0.106. The molecule has 0 unspecified atom stereocenters. The Labute approximate surface area is 289 Å². The first-order chi connectivity index (χ1) is 22.8. The van der Waals surface area contributed by atoms with Crippen molar-refractivity contribution in [2.24, 2.45) is 0 Å². The Morgan fingerprint density at radius 3 is 1.77 bits per heavy atom. The average Bonchev–Trinajstić information content (AvgIpc) is 3.58. The topological polar surface area (TPSA) is 188 Å². The number of sulfone groups is 2. The monoisotopic (exact) mass is 756 g/mol. The number of fused-ring (bicyclic) bond motifs is 2. The second-order valence-electron chi connectivity index (χ2n) is 11.4. The summed E-state index contributed by atoms with van der Waals surface area (Å²) in [6.07, 6.45) is 0.476. The molecule has 0 aromatic heterocycles. The van der Waals surface area contributed by atoms with E-state index in [9.17, 15) is 26.9 Å². The van der Waals surface area contributed by atoms with Crippen molar-refractivity contribution in [2.75, 3.05) is 24.7 Å². The standard InChI is InChI=1S/C18H22BNO5S.C14H13BBrNO4S/c1-2-24-8-7-14-10-16(20)5-6-18(14)26(22,23)12-13-3-4-15-11-25-19(21)17(15)9-13;16-13-6-11(17)3-4-14(13)22(19,20)8-9-1-2-10-7-21-15(18)12(10)5-9/h3-6,9-10,21H,2,7-8,11-12,20H2,1H3;1-6,18H,7-8,17H2. The van der Waals surface area contributed by atoms with Crippen LogP contribution in [0.4, 0.5) is 11.4 Å². The molecule has 0 spiro atoms. The highest BCUT2D eigenvalue weighted by Gasteiger charge is 2.29. The van der Waals surface area contributed by atoms with Crippen LogP contribution >= 0.6 is 15.9 Å². The molecule has 4 aromatic carbocycles. The Morgan fingerprint density at radius 1 is 0.750 bits per heavy atom. The van der Waals surface area contributed by atoms with Crippen molar-refractivity contribution in [1.82, 2.24) is 0 Å². The molecule has 6 N–H and O–H groups in total. The highest BCUT2D eigenvalue weighted by atomic mass is 79.9. The van der Waals surface area contributed by atoms with Gasteiger partial charge in [-0.15, -0.1) is 0 Å². The number of ether oxygens (including phenoxy) is 1. The SMILES string of the molecule is CCOCCc1cc(N)ccc1S(=O)(=O)Cc1ccc2c(c1)B(O)OC2.Nc1ccc(S(=O)(=O)Cc2ccc3c(c2)B(O)OC3)c(Br)c1. The Kier molecular flexibility index (Phi) is 11.4. The average molecular weight is 757 g/mol. The number of benzene rings is 4. The second kappa shape index (κ2) is 15.1. The smallest absolute Gasteiger partial charge is 0.423 e. The first-order valence-electron chi connectivity index (χ1n) is 15.1. The molecule has 0 aliphatic carbocycles. The van der Waals surface area contributed by atoms with Crippen LogP contribution < -0.4 is 22.4 Å². The Morgan fingerprint density at radius 2 is 1.25 bits per heavy atom. The highest BCUT2D eigenvalue weighted by molar-refractivity contribution is 9.10. The Bertz CT molecular complexity index is 2030. The van der Waals surface area contributed by atoms with Crippen LogP contribution in [0.15, 0.2) is 87.1 Å². The van der Waals surface area contributed by atoms with Gasteiger partial charge in [-0.3, -0.25) is 0 Å². The number of rotatable bonds is 10. The third-order valence-corrected chi connectivity index (χ3v) is 12.3. The van der Waals surface area contributed by atoms with Crippen LogP contribution in [-0.2, 0) is 64.9 Å². The van der Waals surface area contributed by atoms with Crippen LogP contribution in [0, 0.1) is 0 Å². The zero-order chi connectivity index (χ0) is 34.6. The molecule has 11 nitrogen and oxygen atoms in total. The molecule has 2 aliphatic rings. The summed E-state index contributed by atoms with van der Waals surface area (Å²) in [6.45, 7) is 3.58. The lowest BCUT2D eigenvalue weighted by atomic mass is 9.79. The molecule has 4 aromatic rings. The molecule has 2 heterocycles. The van der Waals surface area contributed by atoms with Gasteiger partial charge in [-0.2, -0.15) is 0 Å². The predicted octanol–water partition coefficient (Wildman–Crippen LogP) is 2.26. The predicted molar refractivity (Wildman–Crippen MR) is 189 cm³/mol. The van der Waals surface area contributed by atoms with E-state index in [4.69, 9.17) is 25.5 Å². The van der Waals surface area contributed by atoms with Gasteiger partial charge in [-0.05, 0) is 104 Å². The van der Waals surface area contributed by atoms with Gasteiger partial charge >= 0.3 is 14.2 Å². The summed E-state index contributed by atoms with van der Waals surface area (Å²) >= 11 is 3.24. The van der Waals surface area contributed by atoms with Gasteiger partial charge in [0.1, 0.15) is 0 Å². The lowest BCUT2D eigenvalue weighted by molar-refractivity contribution is 0.150. The molecule has 0 saturated heterocycles.